The Morgan fingerprint density at radius 1 is 1.25 bits per heavy atom. The smallest absolute Gasteiger partial charge is 0.321 e. The number of benzene rings is 2. The highest BCUT2D eigenvalue weighted by molar-refractivity contribution is 6.31. The zero-order valence-corrected chi connectivity index (χ0v) is 16.2. The van der Waals surface area contributed by atoms with Crippen LogP contribution in [-0.2, 0) is 0 Å². The first kappa shape index (κ1) is 18.5. The summed E-state index contributed by atoms with van der Waals surface area (Å²) in [6, 6.07) is 13.3. The quantitative estimate of drug-likeness (QED) is 0.691. The molecular weight excluding hydrogens is 379 g/mol. The molecular formula is C21H20ClFN4O. The fourth-order valence-electron chi connectivity index (χ4n) is 3.57. The zero-order chi connectivity index (χ0) is 19.7. The van der Waals surface area contributed by atoms with Crippen molar-refractivity contribution in [2.75, 3.05) is 30.4 Å². The number of rotatable bonds is 3. The van der Waals surface area contributed by atoms with Gasteiger partial charge in [0.2, 0.25) is 0 Å². The minimum absolute atomic E-state index is 0.0796. The Labute approximate surface area is 167 Å². The van der Waals surface area contributed by atoms with E-state index in [9.17, 15) is 9.18 Å². The van der Waals surface area contributed by atoms with Crippen molar-refractivity contribution < 1.29 is 9.18 Å². The molecule has 144 valence electrons. The lowest BCUT2D eigenvalue weighted by Gasteiger charge is -2.26. The van der Waals surface area contributed by atoms with Gasteiger partial charge in [0.25, 0.3) is 0 Å². The monoisotopic (exact) mass is 398 g/mol. The number of urea groups is 1. The van der Waals surface area contributed by atoms with Crippen LogP contribution in [0, 0.1) is 5.82 Å². The third-order valence-electron chi connectivity index (χ3n) is 5.15. The summed E-state index contributed by atoms with van der Waals surface area (Å²) in [5, 5.41) is 4.52. The van der Waals surface area contributed by atoms with E-state index in [0.29, 0.717) is 10.7 Å². The van der Waals surface area contributed by atoms with Gasteiger partial charge in [0.1, 0.15) is 5.82 Å². The molecule has 2 amide bonds. The van der Waals surface area contributed by atoms with E-state index in [-0.39, 0.29) is 17.9 Å². The molecule has 0 aliphatic carbocycles. The average Bonchev–Trinajstić information content (AvgIpc) is 3.18. The van der Waals surface area contributed by atoms with Crippen LogP contribution >= 0.6 is 11.6 Å². The predicted octanol–water partition coefficient (Wildman–Crippen LogP) is 4.77. The molecule has 3 aromatic rings. The number of likely N-dealkylation sites (N-methyl/N-ethyl adjacent to an activating group) is 1. The number of nitrogens with one attached hydrogen (secondary N) is 1. The lowest BCUT2D eigenvalue weighted by Crippen LogP contribution is -2.41. The number of hydrogen-bond donors (Lipinski definition) is 1. The number of aromatic nitrogens is 1. The van der Waals surface area contributed by atoms with Crippen molar-refractivity contribution in [1.29, 1.82) is 0 Å². The van der Waals surface area contributed by atoms with Crippen molar-refractivity contribution in [3.05, 3.63) is 65.6 Å². The van der Waals surface area contributed by atoms with Crippen LogP contribution in [0.2, 0.25) is 5.02 Å². The number of pyridine rings is 1. The summed E-state index contributed by atoms with van der Waals surface area (Å²) in [4.78, 5) is 20.9. The van der Waals surface area contributed by atoms with E-state index < -0.39 is 0 Å². The molecule has 1 unspecified atom stereocenters. The Bertz CT molecular complexity index is 1010. The molecule has 1 N–H and O–H groups in total. The van der Waals surface area contributed by atoms with E-state index in [4.69, 9.17) is 11.6 Å². The van der Waals surface area contributed by atoms with Crippen molar-refractivity contribution in [2.24, 2.45) is 0 Å². The number of carbonyl (C=O) groups excluding carboxylic acids is 1. The second kappa shape index (κ2) is 7.64. The van der Waals surface area contributed by atoms with E-state index >= 15 is 0 Å². The minimum Gasteiger partial charge on any atom is -0.369 e. The van der Waals surface area contributed by atoms with E-state index in [0.717, 1.165) is 36.1 Å². The number of carbonyl (C=O) groups is 1. The average molecular weight is 399 g/mol. The number of fused-ring (bicyclic) bond motifs is 1. The van der Waals surface area contributed by atoms with Crippen LogP contribution in [0.15, 0.2) is 54.7 Å². The first-order valence-electron chi connectivity index (χ1n) is 9.10. The van der Waals surface area contributed by atoms with Crippen molar-refractivity contribution in [2.45, 2.75) is 12.5 Å². The van der Waals surface area contributed by atoms with Crippen molar-refractivity contribution in [3.8, 4) is 0 Å². The highest BCUT2D eigenvalue weighted by atomic mass is 35.5. The fraction of sp³-hybridized carbons (Fsp3) is 0.238. The SMILES string of the molecule is CN(C(=O)Nc1ccc(F)cc1)C1CCN(c2ccnc3cc(Cl)ccc23)C1. The number of anilines is 2. The Kier molecular flexibility index (Phi) is 5.05. The standard InChI is InChI=1S/C21H20ClFN4O/c1-26(21(28)25-16-5-3-15(23)4-6-16)17-9-11-27(13-17)20-8-10-24-19-12-14(22)2-7-18(19)20/h2-8,10,12,17H,9,11,13H2,1H3,(H,25,28). The molecule has 1 fully saturated rings. The molecule has 1 saturated heterocycles. The van der Waals surface area contributed by atoms with Gasteiger partial charge in [-0.2, -0.15) is 0 Å². The van der Waals surface area contributed by atoms with E-state index in [1.165, 1.54) is 12.1 Å². The van der Waals surface area contributed by atoms with Gasteiger partial charge in [-0.25, -0.2) is 9.18 Å². The lowest BCUT2D eigenvalue weighted by atomic mass is 10.1. The maximum Gasteiger partial charge on any atom is 0.321 e. The van der Waals surface area contributed by atoms with Crippen LogP contribution in [0.4, 0.5) is 20.6 Å². The van der Waals surface area contributed by atoms with Crippen molar-refractivity contribution in [1.82, 2.24) is 9.88 Å². The van der Waals surface area contributed by atoms with Gasteiger partial charge in [-0.15, -0.1) is 0 Å². The first-order chi connectivity index (χ1) is 13.5. The van der Waals surface area contributed by atoms with Crippen LogP contribution in [0.25, 0.3) is 10.9 Å². The Balaban J connectivity index is 1.46. The van der Waals surface area contributed by atoms with E-state index in [1.807, 2.05) is 24.3 Å². The highest BCUT2D eigenvalue weighted by Gasteiger charge is 2.29. The second-order valence-corrected chi connectivity index (χ2v) is 7.36. The van der Waals surface area contributed by atoms with Gasteiger partial charge < -0.3 is 15.1 Å². The van der Waals surface area contributed by atoms with Crippen molar-refractivity contribution >= 4 is 39.9 Å². The molecule has 0 spiro atoms. The maximum atomic E-state index is 13.0. The van der Waals surface area contributed by atoms with Gasteiger partial charge in [0, 0.05) is 48.1 Å². The lowest BCUT2D eigenvalue weighted by molar-refractivity contribution is 0.208. The fourth-order valence-corrected chi connectivity index (χ4v) is 3.74. The topological polar surface area (TPSA) is 48.5 Å². The van der Waals surface area contributed by atoms with Gasteiger partial charge in [-0.3, -0.25) is 4.98 Å². The molecule has 4 rings (SSSR count). The van der Waals surface area contributed by atoms with Crippen LogP contribution in [-0.4, -0.2) is 42.1 Å². The number of hydrogen-bond acceptors (Lipinski definition) is 3. The summed E-state index contributed by atoms with van der Waals surface area (Å²) in [5.74, 6) is -0.330. The van der Waals surface area contributed by atoms with Gasteiger partial charge in [-0.1, -0.05) is 11.6 Å². The predicted molar refractivity (Wildman–Crippen MR) is 111 cm³/mol. The highest BCUT2D eigenvalue weighted by Crippen LogP contribution is 2.30. The minimum atomic E-state index is -0.330. The molecule has 0 bridgehead atoms. The molecule has 5 nitrogen and oxygen atoms in total. The van der Waals surface area contributed by atoms with Gasteiger partial charge in [-0.05, 0) is 55.0 Å². The summed E-state index contributed by atoms with van der Waals surface area (Å²) in [6.07, 6.45) is 2.65. The summed E-state index contributed by atoms with van der Waals surface area (Å²) in [5.41, 5.74) is 2.53. The third-order valence-corrected chi connectivity index (χ3v) is 5.38. The molecule has 7 heteroatoms. The number of amides is 2. The number of halogens is 2. The maximum absolute atomic E-state index is 13.0. The third kappa shape index (κ3) is 3.73. The molecule has 2 aromatic carbocycles. The summed E-state index contributed by atoms with van der Waals surface area (Å²) < 4.78 is 13.0. The van der Waals surface area contributed by atoms with Gasteiger partial charge >= 0.3 is 6.03 Å². The molecule has 0 radical (unpaired) electrons. The summed E-state index contributed by atoms with van der Waals surface area (Å²) in [7, 11) is 1.79. The Morgan fingerprint density at radius 3 is 2.82 bits per heavy atom. The summed E-state index contributed by atoms with van der Waals surface area (Å²) in [6.45, 7) is 1.58. The van der Waals surface area contributed by atoms with E-state index in [2.05, 4.69) is 15.2 Å². The van der Waals surface area contributed by atoms with Crippen LogP contribution in [0.5, 0.6) is 0 Å². The summed E-state index contributed by atoms with van der Waals surface area (Å²) >= 11 is 6.08. The molecule has 28 heavy (non-hydrogen) atoms. The van der Waals surface area contributed by atoms with Crippen LogP contribution < -0.4 is 10.2 Å². The van der Waals surface area contributed by atoms with Crippen molar-refractivity contribution in [3.63, 3.8) is 0 Å². The van der Waals surface area contributed by atoms with Crippen LogP contribution in [0.1, 0.15) is 6.42 Å². The normalized spacial score (nSPS) is 16.4. The van der Waals surface area contributed by atoms with Gasteiger partial charge in [0.05, 0.1) is 11.6 Å². The Morgan fingerprint density at radius 2 is 2.04 bits per heavy atom. The molecule has 1 atom stereocenters. The van der Waals surface area contributed by atoms with E-state index in [1.54, 1.807) is 30.3 Å². The van der Waals surface area contributed by atoms with Crippen LogP contribution in [0.3, 0.4) is 0 Å². The molecule has 1 aliphatic rings. The number of nitrogens with zero attached hydrogens (tertiary/aromatic N) is 3. The molecule has 1 aliphatic heterocycles. The molecule has 2 heterocycles. The first-order valence-corrected chi connectivity index (χ1v) is 9.47. The Hall–Kier alpha value is -2.86. The zero-order valence-electron chi connectivity index (χ0n) is 15.4. The molecule has 0 saturated carbocycles. The molecule has 1 aromatic heterocycles. The second-order valence-electron chi connectivity index (χ2n) is 6.93. The largest absolute Gasteiger partial charge is 0.369 e. The van der Waals surface area contributed by atoms with Gasteiger partial charge in [0.15, 0.2) is 0 Å².